The molecule has 1 aromatic rings. The Hall–Kier alpha value is -1.68. The minimum absolute atomic E-state index is 0.102. The number of nitrogens with two attached hydrogens (primary N) is 1. The Morgan fingerprint density at radius 3 is 2.75 bits per heavy atom. The second-order valence-electron chi connectivity index (χ2n) is 2.10. The largest absolute Gasteiger partial charge is 0.331 e. The van der Waals surface area contributed by atoms with Crippen molar-refractivity contribution in [3.05, 3.63) is 42.4 Å². The van der Waals surface area contributed by atoms with Gasteiger partial charge in [-0.05, 0) is 12.1 Å². The lowest BCUT2D eigenvalue weighted by Crippen LogP contribution is -2.13. The first-order valence-corrected chi connectivity index (χ1v) is 3.41. The van der Waals surface area contributed by atoms with Crippen LogP contribution in [-0.2, 0) is 0 Å². The molecule has 0 aliphatic carbocycles. The number of carbonyl (C=O) groups is 1. The van der Waals surface area contributed by atoms with Crippen LogP contribution in [0.3, 0.4) is 0 Å². The highest BCUT2D eigenvalue weighted by atomic mass is 16.1. The van der Waals surface area contributed by atoms with E-state index in [9.17, 15) is 4.79 Å². The Morgan fingerprint density at radius 2 is 2.17 bits per heavy atom. The summed E-state index contributed by atoms with van der Waals surface area (Å²) in [6, 6.07) is 3.28. The maximum absolute atomic E-state index is 11.2. The third kappa shape index (κ3) is 2.17. The van der Waals surface area contributed by atoms with Crippen LogP contribution >= 0.6 is 0 Å². The molecule has 4 heteroatoms. The van der Waals surface area contributed by atoms with Crippen molar-refractivity contribution >= 4 is 5.78 Å². The van der Waals surface area contributed by atoms with Gasteiger partial charge < -0.3 is 5.43 Å². The van der Waals surface area contributed by atoms with E-state index in [-0.39, 0.29) is 5.78 Å². The third-order valence-electron chi connectivity index (χ3n) is 1.30. The van der Waals surface area contributed by atoms with E-state index in [1.165, 1.54) is 12.3 Å². The standard InChI is InChI=1S/C8H9N3O/c9-11-6-3-8(12)7-1-4-10-5-2-7/h1-6,11H,9H2/b6-3+. The topological polar surface area (TPSA) is 68.0 Å². The van der Waals surface area contributed by atoms with E-state index in [0.29, 0.717) is 5.56 Å². The van der Waals surface area contributed by atoms with Gasteiger partial charge in [-0.15, -0.1) is 0 Å². The highest BCUT2D eigenvalue weighted by molar-refractivity contribution is 6.04. The van der Waals surface area contributed by atoms with Crippen molar-refractivity contribution in [1.29, 1.82) is 0 Å². The molecule has 0 bridgehead atoms. The summed E-state index contributed by atoms with van der Waals surface area (Å²) in [5.74, 6) is 4.85. The first-order chi connectivity index (χ1) is 5.84. The highest BCUT2D eigenvalue weighted by Crippen LogP contribution is 1.97. The zero-order valence-electron chi connectivity index (χ0n) is 6.40. The fourth-order valence-corrected chi connectivity index (χ4v) is 0.736. The van der Waals surface area contributed by atoms with E-state index in [0.717, 1.165) is 0 Å². The molecule has 0 saturated heterocycles. The van der Waals surface area contributed by atoms with Crippen LogP contribution in [0.1, 0.15) is 10.4 Å². The zero-order valence-corrected chi connectivity index (χ0v) is 6.40. The van der Waals surface area contributed by atoms with Crippen molar-refractivity contribution in [3.8, 4) is 0 Å². The van der Waals surface area contributed by atoms with Gasteiger partial charge in [0.05, 0.1) is 0 Å². The normalized spacial score (nSPS) is 10.1. The van der Waals surface area contributed by atoms with E-state index in [1.807, 2.05) is 0 Å². The quantitative estimate of drug-likeness (QED) is 0.290. The molecule has 3 N–H and O–H groups in total. The van der Waals surface area contributed by atoms with Crippen LogP contribution in [0, 0.1) is 0 Å². The summed E-state index contributed by atoms with van der Waals surface area (Å²) in [5.41, 5.74) is 2.85. The third-order valence-corrected chi connectivity index (χ3v) is 1.30. The Morgan fingerprint density at radius 1 is 1.50 bits per heavy atom. The Kier molecular flexibility index (Phi) is 2.98. The van der Waals surface area contributed by atoms with Gasteiger partial charge >= 0.3 is 0 Å². The molecule has 0 fully saturated rings. The van der Waals surface area contributed by atoms with Crippen molar-refractivity contribution in [1.82, 2.24) is 10.4 Å². The van der Waals surface area contributed by atoms with Gasteiger partial charge in [0.2, 0.25) is 0 Å². The minimum atomic E-state index is -0.102. The van der Waals surface area contributed by atoms with Gasteiger partial charge in [-0.1, -0.05) is 0 Å². The lowest BCUT2D eigenvalue weighted by molar-refractivity contribution is 0.104. The summed E-state index contributed by atoms with van der Waals surface area (Å²) in [5, 5.41) is 0. The molecule has 0 aliphatic heterocycles. The van der Waals surface area contributed by atoms with Crippen molar-refractivity contribution in [2.75, 3.05) is 0 Å². The number of nitrogens with zero attached hydrogens (tertiary/aromatic N) is 1. The first kappa shape index (κ1) is 8.42. The Labute approximate surface area is 70.1 Å². The van der Waals surface area contributed by atoms with Crippen LogP contribution in [0.25, 0.3) is 0 Å². The van der Waals surface area contributed by atoms with Gasteiger partial charge in [0.25, 0.3) is 0 Å². The van der Waals surface area contributed by atoms with E-state index in [1.54, 1.807) is 24.5 Å². The second kappa shape index (κ2) is 4.25. The van der Waals surface area contributed by atoms with Crippen molar-refractivity contribution in [2.45, 2.75) is 0 Å². The number of pyridine rings is 1. The average Bonchev–Trinajstić information content (AvgIpc) is 2.15. The predicted molar refractivity (Wildman–Crippen MR) is 45.0 cm³/mol. The van der Waals surface area contributed by atoms with Gasteiger partial charge in [0, 0.05) is 30.2 Å². The molecule has 0 atom stereocenters. The van der Waals surface area contributed by atoms with Gasteiger partial charge in [0.1, 0.15) is 0 Å². The lowest BCUT2D eigenvalue weighted by atomic mass is 10.2. The number of carbonyl (C=O) groups excluding carboxylic acids is 1. The molecule has 12 heavy (non-hydrogen) atoms. The van der Waals surface area contributed by atoms with Crippen molar-refractivity contribution in [2.24, 2.45) is 5.84 Å². The van der Waals surface area contributed by atoms with Crippen LogP contribution in [0.5, 0.6) is 0 Å². The summed E-state index contributed by atoms with van der Waals surface area (Å²) in [6.07, 6.45) is 5.87. The molecule has 0 aliphatic rings. The number of hydrogen-bond acceptors (Lipinski definition) is 4. The van der Waals surface area contributed by atoms with E-state index in [2.05, 4.69) is 10.4 Å². The van der Waals surface area contributed by atoms with Crippen molar-refractivity contribution in [3.63, 3.8) is 0 Å². The molecule has 1 rings (SSSR count). The molecule has 4 nitrogen and oxygen atoms in total. The minimum Gasteiger partial charge on any atom is -0.331 e. The SMILES string of the molecule is NN/C=C/C(=O)c1ccncc1. The maximum Gasteiger partial charge on any atom is 0.187 e. The number of hydrazine groups is 1. The van der Waals surface area contributed by atoms with Crippen LogP contribution < -0.4 is 11.3 Å². The summed E-state index contributed by atoms with van der Waals surface area (Å²) in [7, 11) is 0. The number of rotatable bonds is 3. The molecule has 1 aromatic heterocycles. The highest BCUT2D eigenvalue weighted by Gasteiger charge is 1.98. The smallest absolute Gasteiger partial charge is 0.187 e. The van der Waals surface area contributed by atoms with Crippen molar-refractivity contribution < 1.29 is 4.79 Å². The van der Waals surface area contributed by atoms with E-state index in [4.69, 9.17) is 5.84 Å². The molecule has 0 radical (unpaired) electrons. The Balaban J connectivity index is 2.72. The molecule has 1 heterocycles. The molecule has 0 aromatic carbocycles. The molecule has 62 valence electrons. The lowest BCUT2D eigenvalue weighted by Gasteiger charge is -1.92. The van der Waals surface area contributed by atoms with E-state index < -0.39 is 0 Å². The predicted octanol–water partition coefficient (Wildman–Crippen LogP) is 0.241. The number of nitrogens with one attached hydrogen (secondary N) is 1. The van der Waals surface area contributed by atoms with Gasteiger partial charge in [-0.25, -0.2) is 0 Å². The summed E-state index contributed by atoms with van der Waals surface area (Å²) in [6.45, 7) is 0. The van der Waals surface area contributed by atoms with Gasteiger partial charge in [0.15, 0.2) is 5.78 Å². The number of aromatic nitrogens is 1. The molecular formula is C8H9N3O. The zero-order chi connectivity index (χ0) is 8.81. The summed E-state index contributed by atoms with van der Waals surface area (Å²) in [4.78, 5) is 15.0. The number of ketones is 1. The van der Waals surface area contributed by atoms with E-state index >= 15 is 0 Å². The first-order valence-electron chi connectivity index (χ1n) is 3.41. The second-order valence-corrected chi connectivity index (χ2v) is 2.10. The van der Waals surface area contributed by atoms with Crippen LogP contribution in [0.2, 0.25) is 0 Å². The number of hydrogen-bond donors (Lipinski definition) is 2. The maximum atomic E-state index is 11.2. The Bertz CT molecular complexity index is 282. The fraction of sp³-hybridized carbons (Fsp3) is 0. The summed E-state index contributed by atoms with van der Waals surface area (Å²) >= 11 is 0. The molecule has 0 spiro atoms. The van der Waals surface area contributed by atoms with Gasteiger partial charge in [-0.3, -0.25) is 15.6 Å². The van der Waals surface area contributed by atoms with Crippen LogP contribution in [0.4, 0.5) is 0 Å². The monoisotopic (exact) mass is 163 g/mol. The average molecular weight is 163 g/mol. The molecule has 0 unspecified atom stereocenters. The molecule has 0 amide bonds. The fourth-order valence-electron chi connectivity index (χ4n) is 0.736. The number of allylic oxidation sites excluding steroid dienone is 1. The molecule has 0 saturated carbocycles. The van der Waals surface area contributed by atoms with Crippen LogP contribution in [-0.4, -0.2) is 10.8 Å². The van der Waals surface area contributed by atoms with Crippen LogP contribution in [0.15, 0.2) is 36.8 Å². The van der Waals surface area contributed by atoms with Gasteiger partial charge in [-0.2, -0.15) is 0 Å². The molecular weight excluding hydrogens is 154 g/mol. The summed E-state index contributed by atoms with van der Waals surface area (Å²) < 4.78 is 0.